The number of aromatic nitrogens is 2. The van der Waals surface area contributed by atoms with Crippen LogP contribution in [0.25, 0.3) is 0 Å². The SMILES string of the molecule is CCc1ccccc1CNc1nnc(C(C)Cl)o1. The number of hydrogen-bond acceptors (Lipinski definition) is 4. The van der Waals surface area contributed by atoms with Gasteiger partial charge in [-0.3, -0.25) is 0 Å². The Morgan fingerprint density at radius 3 is 2.61 bits per heavy atom. The lowest BCUT2D eigenvalue weighted by molar-refractivity contribution is 0.505. The highest BCUT2D eigenvalue weighted by Crippen LogP contribution is 2.20. The Morgan fingerprint density at radius 1 is 1.28 bits per heavy atom. The average molecular weight is 266 g/mol. The van der Waals surface area contributed by atoms with Crippen LogP contribution in [0.2, 0.25) is 0 Å². The van der Waals surface area contributed by atoms with Gasteiger partial charge in [-0.25, -0.2) is 0 Å². The largest absolute Gasteiger partial charge is 0.406 e. The van der Waals surface area contributed by atoms with Crippen LogP contribution in [0.4, 0.5) is 6.01 Å². The van der Waals surface area contributed by atoms with E-state index in [-0.39, 0.29) is 5.38 Å². The topological polar surface area (TPSA) is 51.0 Å². The molecule has 1 N–H and O–H groups in total. The van der Waals surface area contributed by atoms with E-state index >= 15 is 0 Å². The van der Waals surface area contributed by atoms with Gasteiger partial charge in [0.05, 0.1) is 0 Å². The Hall–Kier alpha value is -1.55. The predicted molar refractivity (Wildman–Crippen MR) is 71.7 cm³/mol. The number of nitrogens with one attached hydrogen (secondary N) is 1. The van der Waals surface area contributed by atoms with Crippen molar-refractivity contribution >= 4 is 17.6 Å². The van der Waals surface area contributed by atoms with Gasteiger partial charge < -0.3 is 9.73 Å². The van der Waals surface area contributed by atoms with Crippen LogP contribution in [-0.2, 0) is 13.0 Å². The van der Waals surface area contributed by atoms with E-state index in [1.165, 1.54) is 11.1 Å². The van der Waals surface area contributed by atoms with Crippen LogP contribution in [0, 0.1) is 0 Å². The second-order valence-electron chi connectivity index (χ2n) is 4.04. The molecular formula is C13H16ClN3O. The fraction of sp³-hybridized carbons (Fsp3) is 0.385. The molecule has 1 atom stereocenters. The number of alkyl halides is 1. The minimum absolute atomic E-state index is 0.268. The summed E-state index contributed by atoms with van der Waals surface area (Å²) in [6.45, 7) is 4.60. The minimum Gasteiger partial charge on any atom is -0.406 e. The molecule has 18 heavy (non-hydrogen) atoms. The van der Waals surface area contributed by atoms with Crippen LogP contribution in [-0.4, -0.2) is 10.2 Å². The summed E-state index contributed by atoms with van der Waals surface area (Å²) >= 11 is 5.86. The Bertz CT molecular complexity index is 510. The zero-order chi connectivity index (χ0) is 13.0. The second-order valence-corrected chi connectivity index (χ2v) is 4.69. The molecule has 0 spiro atoms. The molecule has 0 fully saturated rings. The number of benzene rings is 1. The van der Waals surface area contributed by atoms with E-state index in [2.05, 4.69) is 34.6 Å². The van der Waals surface area contributed by atoms with Gasteiger partial charge in [0.2, 0.25) is 5.89 Å². The lowest BCUT2D eigenvalue weighted by Crippen LogP contribution is -2.02. The van der Waals surface area contributed by atoms with Crippen molar-refractivity contribution in [3.8, 4) is 0 Å². The van der Waals surface area contributed by atoms with E-state index in [1.54, 1.807) is 6.92 Å². The monoisotopic (exact) mass is 265 g/mol. The number of hydrogen-bond donors (Lipinski definition) is 1. The Morgan fingerprint density at radius 2 is 2.00 bits per heavy atom. The van der Waals surface area contributed by atoms with Crippen LogP contribution in [0.5, 0.6) is 0 Å². The molecule has 1 heterocycles. The third-order valence-corrected chi connectivity index (χ3v) is 2.90. The van der Waals surface area contributed by atoms with Gasteiger partial charge in [0.25, 0.3) is 0 Å². The Labute approximate surface area is 111 Å². The molecule has 0 saturated carbocycles. The van der Waals surface area contributed by atoms with Gasteiger partial charge >= 0.3 is 6.01 Å². The highest BCUT2D eigenvalue weighted by Gasteiger charge is 2.10. The average Bonchev–Trinajstić information content (AvgIpc) is 2.85. The standard InChI is InChI=1S/C13H16ClN3O/c1-3-10-6-4-5-7-11(10)8-15-13-17-16-12(18-13)9(2)14/h4-7,9H,3,8H2,1-2H3,(H,15,17). The maximum atomic E-state index is 5.86. The molecule has 0 amide bonds. The van der Waals surface area contributed by atoms with Crippen molar-refractivity contribution < 1.29 is 4.42 Å². The quantitative estimate of drug-likeness (QED) is 0.840. The van der Waals surface area contributed by atoms with Gasteiger partial charge in [-0.2, -0.15) is 0 Å². The highest BCUT2D eigenvalue weighted by atomic mass is 35.5. The highest BCUT2D eigenvalue weighted by molar-refractivity contribution is 6.20. The number of halogens is 1. The molecule has 2 aromatic rings. The predicted octanol–water partition coefficient (Wildman–Crippen LogP) is 3.54. The summed E-state index contributed by atoms with van der Waals surface area (Å²) in [7, 11) is 0. The van der Waals surface area contributed by atoms with Crippen LogP contribution in [0.1, 0.15) is 36.2 Å². The molecule has 0 aliphatic heterocycles. The minimum atomic E-state index is -0.268. The molecule has 1 unspecified atom stereocenters. The summed E-state index contributed by atoms with van der Waals surface area (Å²) in [4.78, 5) is 0. The summed E-state index contributed by atoms with van der Waals surface area (Å²) in [6, 6.07) is 8.69. The first-order valence-corrected chi connectivity index (χ1v) is 6.42. The van der Waals surface area contributed by atoms with Crippen molar-refractivity contribution in [3.05, 3.63) is 41.3 Å². The van der Waals surface area contributed by atoms with Crippen molar-refractivity contribution in [1.82, 2.24) is 10.2 Å². The van der Waals surface area contributed by atoms with Gasteiger partial charge in [0.1, 0.15) is 5.38 Å². The first-order chi connectivity index (χ1) is 8.70. The first-order valence-electron chi connectivity index (χ1n) is 5.98. The van der Waals surface area contributed by atoms with Crippen molar-refractivity contribution in [1.29, 1.82) is 0 Å². The number of nitrogens with zero attached hydrogens (tertiary/aromatic N) is 2. The Balaban J connectivity index is 2.02. The summed E-state index contributed by atoms with van der Waals surface area (Å²) in [5, 5.41) is 10.6. The van der Waals surface area contributed by atoms with Gasteiger partial charge in [0.15, 0.2) is 0 Å². The molecule has 0 saturated heterocycles. The van der Waals surface area contributed by atoms with Gasteiger partial charge in [-0.15, -0.1) is 16.7 Å². The van der Waals surface area contributed by atoms with Crippen molar-refractivity contribution in [2.75, 3.05) is 5.32 Å². The lowest BCUT2D eigenvalue weighted by atomic mass is 10.1. The maximum Gasteiger partial charge on any atom is 0.315 e. The zero-order valence-corrected chi connectivity index (χ0v) is 11.2. The smallest absolute Gasteiger partial charge is 0.315 e. The van der Waals surface area contributed by atoms with E-state index in [0.717, 1.165) is 6.42 Å². The van der Waals surface area contributed by atoms with Crippen molar-refractivity contribution in [2.24, 2.45) is 0 Å². The zero-order valence-electron chi connectivity index (χ0n) is 10.5. The summed E-state index contributed by atoms with van der Waals surface area (Å²) in [5.41, 5.74) is 2.55. The molecule has 1 aromatic carbocycles. The van der Waals surface area contributed by atoms with E-state index in [9.17, 15) is 0 Å². The van der Waals surface area contributed by atoms with Crippen molar-refractivity contribution in [2.45, 2.75) is 32.2 Å². The van der Waals surface area contributed by atoms with E-state index < -0.39 is 0 Å². The summed E-state index contributed by atoms with van der Waals surface area (Å²) in [5.74, 6) is 0.433. The molecule has 96 valence electrons. The Kier molecular flexibility index (Phi) is 4.20. The van der Waals surface area contributed by atoms with Crippen LogP contribution in [0.15, 0.2) is 28.7 Å². The molecule has 1 aromatic heterocycles. The first kappa shape index (κ1) is 12.9. The summed E-state index contributed by atoms with van der Waals surface area (Å²) < 4.78 is 5.38. The number of rotatable bonds is 5. The molecule has 0 aliphatic carbocycles. The molecule has 0 bridgehead atoms. The van der Waals surface area contributed by atoms with Crippen LogP contribution in [0.3, 0.4) is 0 Å². The molecule has 0 radical (unpaired) electrons. The van der Waals surface area contributed by atoms with Gasteiger partial charge in [0, 0.05) is 6.54 Å². The third kappa shape index (κ3) is 3.01. The number of aryl methyl sites for hydroxylation is 1. The second kappa shape index (κ2) is 5.87. The third-order valence-electron chi connectivity index (χ3n) is 2.71. The van der Waals surface area contributed by atoms with Gasteiger partial charge in [-0.05, 0) is 24.5 Å². The number of anilines is 1. The summed E-state index contributed by atoms with van der Waals surface area (Å²) in [6.07, 6.45) is 1.01. The van der Waals surface area contributed by atoms with Gasteiger partial charge in [-0.1, -0.05) is 36.3 Å². The van der Waals surface area contributed by atoms with E-state index in [1.807, 2.05) is 12.1 Å². The fourth-order valence-corrected chi connectivity index (χ4v) is 1.80. The molecule has 5 heteroatoms. The molecule has 0 aliphatic rings. The van der Waals surface area contributed by atoms with E-state index in [0.29, 0.717) is 18.5 Å². The van der Waals surface area contributed by atoms with Crippen LogP contribution < -0.4 is 5.32 Å². The van der Waals surface area contributed by atoms with Crippen LogP contribution >= 0.6 is 11.6 Å². The lowest BCUT2D eigenvalue weighted by Gasteiger charge is -2.07. The maximum absolute atomic E-state index is 5.86. The molecule has 2 rings (SSSR count). The molecular weight excluding hydrogens is 250 g/mol. The van der Waals surface area contributed by atoms with E-state index in [4.69, 9.17) is 16.0 Å². The van der Waals surface area contributed by atoms with Crippen molar-refractivity contribution in [3.63, 3.8) is 0 Å². The molecule has 4 nitrogen and oxygen atoms in total. The normalized spacial score (nSPS) is 12.4. The fourth-order valence-electron chi connectivity index (χ4n) is 1.71.